The fourth-order valence-electron chi connectivity index (χ4n) is 1.54. The fraction of sp³-hybridized carbons (Fsp3) is 0.273. The maximum Gasteiger partial charge on any atom is 0.365 e. The van der Waals surface area contributed by atoms with Crippen molar-refractivity contribution in [2.45, 2.75) is 19.3 Å². The second kappa shape index (κ2) is 4.76. The van der Waals surface area contributed by atoms with Gasteiger partial charge in [-0.25, -0.2) is 18.7 Å². The summed E-state index contributed by atoms with van der Waals surface area (Å²) in [6.45, 7) is 1.71. The molecule has 2 aromatic rings. The van der Waals surface area contributed by atoms with Crippen LogP contribution in [0.2, 0.25) is 10.2 Å². The van der Waals surface area contributed by atoms with Gasteiger partial charge >= 0.3 is 12.3 Å². The number of hydrogen-bond acceptors (Lipinski definition) is 2. The average molecular weight is 313 g/mol. The van der Waals surface area contributed by atoms with E-state index in [1.54, 1.807) is 6.92 Å². The van der Waals surface area contributed by atoms with Crippen LogP contribution in [0, 0.1) is 6.92 Å². The lowest BCUT2D eigenvalue weighted by molar-refractivity contribution is -0.140. The Labute approximate surface area is 115 Å². The summed E-state index contributed by atoms with van der Waals surface area (Å²) in [5.74, 6) is -5.82. The Balaban J connectivity index is 2.76. The zero-order chi connectivity index (χ0) is 14.4. The third-order valence-corrected chi connectivity index (χ3v) is 3.00. The molecule has 2 rings (SSSR count). The highest BCUT2D eigenvalue weighted by Gasteiger charge is 2.46. The monoisotopic (exact) mass is 312 g/mol. The maximum absolute atomic E-state index is 13.2. The van der Waals surface area contributed by atoms with E-state index in [1.807, 2.05) is 0 Å². The molecule has 0 aliphatic rings. The molecule has 0 bridgehead atoms. The van der Waals surface area contributed by atoms with Crippen LogP contribution in [-0.4, -0.2) is 16.4 Å². The summed E-state index contributed by atoms with van der Waals surface area (Å²) in [5.41, 5.74) is 0.638. The zero-order valence-corrected chi connectivity index (χ0v) is 10.9. The Bertz CT molecular complexity index is 646. The SMILES string of the molecule is Cc1cc(Cl)c2nc(C(F)(F)C(F)F)nc(Cl)c2c1. The van der Waals surface area contributed by atoms with Crippen LogP contribution in [0.25, 0.3) is 10.9 Å². The van der Waals surface area contributed by atoms with Gasteiger partial charge in [0.1, 0.15) is 5.15 Å². The number of aromatic nitrogens is 2. The third kappa shape index (κ3) is 2.47. The van der Waals surface area contributed by atoms with E-state index in [0.29, 0.717) is 0 Å². The molecule has 0 saturated carbocycles. The largest absolute Gasteiger partial charge is 0.365 e. The first-order valence-electron chi connectivity index (χ1n) is 5.03. The smallest absolute Gasteiger partial charge is 0.225 e. The van der Waals surface area contributed by atoms with E-state index >= 15 is 0 Å². The van der Waals surface area contributed by atoms with Gasteiger partial charge in [0.05, 0.1) is 10.5 Å². The molecule has 0 unspecified atom stereocenters. The fourth-order valence-corrected chi connectivity index (χ4v) is 2.08. The van der Waals surface area contributed by atoms with Gasteiger partial charge in [0.2, 0.25) is 5.82 Å². The molecule has 2 nitrogen and oxygen atoms in total. The first-order chi connectivity index (χ1) is 8.73. The number of benzene rings is 1. The lowest BCUT2D eigenvalue weighted by Crippen LogP contribution is -2.26. The standard InChI is InChI=1S/C11H6Cl2F4N2/c1-4-2-5-7(6(12)3-4)18-10(19-8(5)13)11(16,17)9(14)15/h2-3,9H,1H3. The maximum atomic E-state index is 13.2. The molecular weight excluding hydrogens is 307 g/mol. The summed E-state index contributed by atoms with van der Waals surface area (Å²) >= 11 is 11.6. The topological polar surface area (TPSA) is 25.8 Å². The first kappa shape index (κ1) is 14.3. The van der Waals surface area contributed by atoms with E-state index in [4.69, 9.17) is 23.2 Å². The van der Waals surface area contributed by atoms with Crippen LogP contribution in [0.3, 0.4) is 0 Å². The van der Waals surface area contributed by atoms with Crippen molar-refractivity contribution in [3.05, 3.63) is 33.7 Å². The Morgan fingerprint density at radius 2 is 1.79 bits per heavy atom. The molecule has 102 valence electrons. The highest BCUT2D eigenvalue weighted by Crippen LogP contribution is 2.36. The number of alkyl halides is 4. The molecule has 0 atom stereocenters. The van der Waals surface area contributed by atoms with Crippen molar-refractivity contribution in [2.24, 2.45) is 0 Å². The molecule has 0 radical (unpaired) electrons. The summed E-state index contributed by atoms with van der Waals surface area (Å²) < 4.78 is 51.0. The molecule has 0 amide bonds. The molecule has 8 heteroatoms. The van der Waals surface area contributed by atoms with Crippen LogP contribution in [0.4, 0.5) is 17.6 Å². The minimum absolute atomic E-state index is 0.0469. The van der Waals surface area contributed by atoms with Crippen LogP contribution in [-0.2, 0) is 5.92 Å². The normalized spacial score (nSPS) is 12.4. The van der Waals surface area contributed by atoms with E-state index in [2.05, 4.69) is 9.97 Å². The molecule has 0 saturated heterocycles. The van der Waals surface area contributed by atoms with Crippen LogP contribution in [0.5, 0.6) is 0 Å². The molecule has 1 heterocycles. The predicted octanol–water partition coefficient (Wildman–Crippen LogP) is 4.60. The first-order valence-corrected chi connectivity index (χ1v) is 5.79. The van der Waals surface area contributed by atoms with Gasteiger partial charge in [-0.3, -0.25) is 0 Å². The molecule has 1 aromatic heterocycles. The number of halogens is 6. The minimum Gasteiger partial charge on any atom is -0.225 e. The zero-order valence-electron chi connectivity index (χ0n) is 9.39. The molecule has 0 fully saturated rings. The Morgan fingerprint density at radius 3 is 2.37 bits per heavy atom. The van der Waals surface area contributed by atoms with Crippen molar-refractivity contribution in [1.82, 2.24) is 9.97 Å². The van der Waals surface area contributed by atoms with E-state index in [9.17, 15) is 17.6 Å². The lowest BCUT2D eigenvalue weighted by atomic mass is 10.1. The Kier molecular flexibility index (Phi) is 3.57. The minimum atomic E-state index is -4.48. The van der Waals surface area contributed by atoms with E-state index in [-0.39, 0.29) is 21.1 Å². The van der Waals surface area contributed by atoms with Gasteiger partial charge in [0.25, 0.3) is 0 Å². The van der Waals surface area contributed by atoms with Crippen molar-refractivity contribution in [3.8, 4) is 0 Å². The molecule has 0 aliphatic carbocycles. The number of aryl methyl sites for hydroxylation is 1. The van der Waals surface area contributed by atoms with Gasteiger partial charge in [-0.15, -0.1) is 0 Å². The molecule has 0 N–H and O–H groups in total. The summed E-state index contributed by atoms with van der Waals surface area (Å²) in [6, 6.07) is 3.01. The number of fused-ring (bicyclic) bond motifs is 1. The van der Waals surface area contributed by atoms with Gasteiger partial charge in [0.15, 0.2) is 0 Å². The molecule has 1 aromatic carbocycles. The van der Waals surface area contributed by atoms with Crippen LogP contribution in [0.1, 0.15) is 11.4 Å². The van der Waals surface area contributed by atoms with Crippen LogP contribution in [0.15, 0.2) is 12.1 Å². The van der Waals surface area contributed by atoms with Gasteiger partial charge in [-0.05, 0) is 24.6 Å². The van der Waals surface area contributed by atoms with Gasteiger partial charge in [0, 0.05) is 5.39 Å². The summed E-state index contributed by atoms with van der Waals surface area (Å²) in [6.07, 6.45) is -3.93. The van der Waals surface area contributed by atoms with Gasteiger partial charge < -0.3 is 0 Å². The number of hydrogen-bond donors (Lipinski definition) is 0. The van der Waals surface area contributed by atoms with Crippen molar-refractivity contribution < 1.29 is 17.6 Å². The number of rotatable bonds is 2. The molecule has 0 aliphatic heterocycles. The second-order valence-electron chi connectivity index (χ2n) is 3.90. The number of nitrogens with zero attached hydrogens (tertiary/aromatic N) is 2. The van der Waals surface area contributed by atoms with E-state index in [1.165, 1.54) is 12.1 Å². The Hall–Kier alpha value is -1.14. The third-order valence-electron chi connectivity index (χ3n) is 2.42. The molecule has 19 heavy (non-hydrogen) atoms. The van der Waals surface area contributed by atoms with Gasteiger partial charge in [-0.2, -0.15) is 8.78 Å². The van der Waals surface area contributed by atoms with Crippen LogP contribution < -0.4 is 0 Å². The van der Waals surface area contributed by atoms with Crippen molar-refractivity contribution in [1.29, 1.82) is 0 Å². The van der Waals surface area contributed by atoms with Crippen molar-refractivity contribution >= 4 is 34.1 Å². The second-order valence-corrected chi connectivity index (χ2v) is 4.67. The predicted molar refractivity (Wildman–Crippen MR) is 64.2 cm³/mol. The highest BCUT2D eigenvalue weighted by molar-refractivity contribution is 6.38. The quantitative estimate of drug-likeness (QED) is 0.598. The summed E-state index contributed by atoms with van der Waals surface area (Å²) in [5, 5.41) is -0.0583. The molecule has 0 spiro atoms. The van der Waals surface area contributed by atoms with Crippen molar-refractivity contribution in [3.63, 3.8) is 0 Å². The summed E-state index contributed by atoms with van der Waals surface area (Å²) in [7, 11) is 0. The summed E-state index contributed by atoms with van der Waals surface area (Å²) in [4.78, 5) is 6.65. The Morgan fingerprint density at radius 1 is 1.16 bits per heavy atom. The van der Waals surface area contributed by atoms with Gasteiger partial charge in [-0.1, -0.05) is 23.2 Å². The molecular formula is C11H6Cl2F4N2. The van der Waals surface area contributed by atoms with E-state index < -0.39 is 18.2 Å². The lowest BCUT2D eigenvalue weighted by Gasteiger charge is -2.15. The van der Waals surface area contributed by atoms with E-state index in [0.717, 1.165) is 5.56 Å². The van der Waals surface area contributed by atoms with Crippen LogP contribution >= 0.6 is 23.2 Å². The van der Waals surface area contributed by atoms with Crippen molar-refractivity contribution in [2.75, 3.05) is 0 Å². The average Bonchev–Trinajstić information content (AvgIpc) is 2.29. The highest BCUT2D eigenvalue weighted by atomic mass is 35.5.